The Balaban J connectivity index is 1.99. The van der Waals surface area contributed by atoms with Crippen LogP contribution in [0.25, 0.3) is 0 Å². The topological polar surface area (TPSA) is 84.7 Å². The van der Waals surface area contributed by atoms with Crippen LogP contribution in [0.5, 0.6) is 0 Å². The van der Waals surface area contributed by atoms with Crippen molar-refractivity contribution in [1.29, 1.82) is 0 Å². The molecule has 0 saturated carbocycles. The number of hydrogen-bond donors (Lipinski definition) is 1. The lowest BCUT2D eigenvalue weighted by Gasteiger charge is -2.27. The molecule has 2 amide bonds. The predicted molar refractivity (Wildman–Crippen MR) is 94.3 cm³/mol. The average molecular weight is 351 g/mol. The zero-order chi connectivity index (χ0) is 18.8. The Morgan fingerprint density at radius 3 is 2.60 bits per heavy atom. The molecule has 1 aromatic heterocycles. The van der Waals surface area contributed by atoms with Gasteiger partial charge in [0.1, 0.15) is 11.6 Å². The number of nitrogens with zero attached hydrogens (tertiary/aromatic N) is 2. The Morgan fingerprint density at radius 1 is 1.32 bits per heavy atom. The number of nitrogens with one attached hydrogen (secondary N) is 1. The summed E-state index contributed by atoms with van der Waals surface area (Å²) in [7, 11) is 0. The summed E-state index contributed by atoms with van der Waals surface area (Å²) >= 11 is 0. The van der Waals surface area contributed by atoms with Crippen LogP contribution in [0.15, 0.2) is 10.6 Å². The highest BCUT2D eigenvalue weighted by molar-refractivity contribution is 5.95. The number of carbonyl (C=O) groups excluding carboxylic acids is 2. The molecule has 1 saturated heterocycles. The van der Waals surface area contributed by atoms with Gasteiger partial charge in [0.15, 0.2) is 0 Å². The van der Waals surface area contributed by atoms with Crippen molar-refractivity contribution in [3.8, 4) is 0 Å². The molecule has 2 rings (SSSR count). The minimum atomic E-state index is -0.590. The summed E-state index contributed by atoms with van der Waals surface area (Å²) < 4.78 is 10.6. The van der Waals surface area contributed by atoms with E-state index < -0.39 is 17.7 Å². The summed E-state index contributed by atoms with van der Waals surface area (Å²) in [6.45, 7) is 12.3. The average Bonchev–Trinajstić information content (AvgIpc) is 3.03. The maximum Gasteiger partial charge on any atom is 0.410 e. The largest absolute Gasteiger partial charge is 0.444 e. The van der Waals surface area contributed by atoms with Crippen molar-refractivity contribution in [2.24, 2.45) is 5.41 Å². The van der Waals surface area contributed by atoms with Crippen LogP contribution in [-0.2, 0) is 16.0 Å². The van der Waals surface area contributed by atoms with Gasteiger partial charge >= 0.3 is 6.09 Å². The number of amides is 2. The van der Waals surface area contributed by atoms with Crippen molar-refractivity contribution < 1.29 is 18.8 Å². The van der Waals surface area contributed by atoms with Gasteiger partial charge in [-0.1, -0.05) is 25.9 Å². The zero-order valence-corrected chi connectivity index (χ0v) is 16.0. The van der Waals surface area contributed by atoms with E-state index >= 15 is 0 Å². The highest BCUT2D eigenvalue weighted by Gasteiger charge is 2.37. The fraction of sp³-hybridized carbons (Fsp3) is 0.722. The van der Waals surface area contributed by atoms with Crippen LogP contribution in [0.2, 0.25) is 0 Å². The van der Waals surface area contributed by atoms with E-state index in [9.17, 15) is 9.59 Å². The number of ether oxygens (including phenoxy) is 1. The first kappa shape index (κ1) is 19.3. The van der Waals surface area contributed by atoms with Crippen LogP contribution in [0.1, 0.15) is 60.1 Å². The van der Waals surface area contributed by atoms with E-state index in [1.54, 1.807) is 26.8 Å². The molecule has 140 valence electrons. The summed E-state index contributed by atoms with van der Waals surface area (Å²) in [5.74, 6) is 0.0297. The summed E-state index contributed by atoms with van der Waals surface area (Å²) in [4.78, 5) is 26.3. The lowest BCUT2D eigenvalue weighted by molar-refractivity contribution is -0.120. The van der Waals surface area contributed by atoms with Crippen LogP contribution in [-0.4, -0.2) is 40.2 Å². The van der Waals surface area contributed by atoms with Gasteiger partial charge in [0.25, 0.3) is 0 Å². The highest BCUT2D eigenvalue weighted by Crippen LogP contribution is 2.24. The summed E-state index contributed by atoms with van der Waals surface area (Å²) in [6.07, 6.45) is 1.66. The van der Waals surface area contributed by atoms with E-state index in [-0.39, 0.29) is 11.3 Å². The molecule has 1 aliphatic heterocycles. The molecule has 1 aliphatic rings. The van der Waals surface area contributed by atoms with Crippen LogP contribution in [0.3, 0.4) is 0 Å². The van der Waals surface area contributed by atoms with Crippen molar-refractivity contribution in [3.63, 3.8) is 0 Å². The lowest BCUT2D eigenvalue weighted by Crippen LogP contribution is -2.45. The van der Waals surface area contributed by atoms with Crippen molar-refractivity contribution in [1.82, 2.24) is 10.1 Å². The van der Waals surface area contributed by atoms with E-state index in [0.29, 0.717) is 18.8 Å². The Hall–Kier alpha value is -2.05. The normalized spacial score (nSPS) is 18.3. The first-order chi connectivity index (χ1) is 11.4. The van der Waals surface area contributed by atoms with Crippen LogP contribution < -0.4 is 5.32 Å². The van der Waals surface area contributed by atoms with Crippen LogP contribution in [0.4, 0.5) is 10.7 Å². The molecule has 1 N–H and O–H groups in total. The van der Waals surface area contributed by atoms with Crippen molar-refractivity contribution >= 4 is 17.9 Å². The van der Waals surface area contributed by atoms with Gasteiger partial charge in [-0.15, -0.1) is 0 Å². The molecule has 1 aromatic rings. The minimum absolute atomic E-state index is 0.0805. The molecule has 0 bridgehead atoms. The van der Waals surface area contributed by atoms with Gasteiger partial charge in [-0.2, -0.15) is 0 Å². The third kappa shape index (κ3) is 5.76. The molecular formula is C18H29N3O4. The molecule has 25 heavy (non-hydrogen) atoms. The second kappa shape index (κ2) is 7.06. The van der Waals surface area contributed by atoms with Crippen LogP contribution >= 0.6 is 0 Å². The highest BCUT2D eigenvalue weighted by atomic mass is 16.6. The number of aromatic nitrogens is 1. The van der Waals surface area contributed by atoms with Crippen molar-refractivity contribution in [2.75, 3.05) is 11.9 Å². The predicted octanol–water partition coefficient (Wildman–Crippen LogP) is 3.60. The van der Waals surface area contributed by atoms with Gasteiger partial charge in [-0.25, -0.2) is 4.79 Å². The van der Waals surface area contributed by atoms with E-state index in [0.717, 1.165) is 18.5 Å². The molecule has 2 heterocycles. The number of rotatable bonds is 3. The minimum Gasteiger partial charge on any atom is -0.444 e. The van der Waals surface area contributed by atoms with Crippen molar-refractivity contribution in [2.45, 2.75) is 72.4 Å². The first-order valence-electron chi connectivity index (χ1n) is 8.71. The molecule has 0 radical (unpaired) electrons. The van der Waals surface area contributed by atoms with Gasteiger partial charge in [-0.3, -0.25) is 15.0 Å². The van der Waals surface area contributed by atoms with E-state index in [1.807, 2.05) is 0 Å². The van der Waals surface area contributed by atoms with Crippen LogP contribution in [0, 0.1) is 5.41 Å². The SMILES string of the molecule is CC(C)(C)Cc1cc(NC(=O)C2CCCN2C(=O)OC(C)(C)C)on1. The zero-order valence-electron chi connectivity index (χ0n) is 16.0. The second-order valence-electron chi connectivity index (χ2n) is 8.74. The van der Waals surface area contributed by atoms with Gasteiger partial charge < -0.3 is 9.26 Å². The Labute approximate surface area is 149 Å². The smallest absolute Gasteiger partial charge is 0.410 e. The second-order valence-corrected chi connectivity index (χ2v) is 8.74. The lowest BCUT2D eigenvalue weighted by atomic mass is 9.91. The number of anilines is 1. The molecule has 1 fully saturated rings. The molecule has 7 nitrogen and oxygen atoms in total. The molecule has 0 spiro atoms. The Bertz CT molecular complexity index is 625. The monoisotopic (exact) mass is 351 g/mol. The van der Waals surface area contributed by atoms with Gasteiger partial charge in [0.2, 0.25) is 11.8 Å². The third-order valence-corrected chi connectivity index (χ3v) is 3.70. The van der Waals surface area contributed by atoms with Gasteiger partial charge in [0.05, 0.1) is 5.69 Å². The number of carbonyl (C=O) groups is 2. The van der Waals surface area contributed by atoms with Gasteiger partial charge in [-0.05, 0) is 45.4 Å². The third-order valence-electron chi connectivity index (χ3n) is 3.70. The molecule has 0 aliphatic carbocycles. The maximum atomic E-state index is 12.5. The standard InChI is InChI=1S/C18H29N3O4/c1-17(2,3)11-12-10-14(25-20-12)19-15(22)13-8-7-9-21(13)16(23)24-18(4,5)6/h10,13H,7-9,11H2,1-6H3,(H,19,22). The quantitative estimate of drug-likeness (QED) is 0.899. The summed E-state index contributed by atoms with van der Waals surface area (Å²) in [5, 5.41) is 6.71. The Kier molecular flexibility index (Phi) is 5.44. The Morgan fingerprint density at radius 2 is 2.00 bits per heavy atom. The molecule has 1 atom stereocenters. The van der Waals surface area contributed by atoms with E-state index in [1.165, 1.54) is 4.90 Å². The molecular weight excluding hydrogens is 322 g/mol. The number of likely N-dealkylation sites (tertiary alicyclic amines) is 1. The van der Waals surface area contributed by atoms with Gasteiger partial charge in [0, 0.05) is 12.6 Å². The van der Waals surface area contributed by atoms with Crippen molar-refractivity contribution in [3.05, 3.63) is 11.8 Å². The van der Waals surface area contributed by atoms with E-state index in [4.69, 9.17) is 9.26 Å². The van der Waals surface area contributed by atoms with E-state index in [2.05, 4.69) is 31.2 Å². The maximum absolute atomic E-state index is 12.5. The molecule has 7 heteroatoms. The fourth-order valence-corrected chi connectivity index (χ4v) is 2.78. The fourth-order valence-electron chi connectivity index (χ4n) is 2.78. The first-order valence-corrected chi connectivity index (χ1v) is 8.71. The molecule has 1 unspecified atom stereocenters. The summed E-state index contributed by atoms with van der Waals surface area (Å²) in [6, 6.07) is 1.18. The summed E-state index contributed by atoms with van der Waals surface area (Å²) in [5.41, 5.74) is 0.281. The molecule has 0 aromatic carbocycles. The number of hydrogen-bond acceptors (Lipinski definition) is 5.